The van der Waals surface area contributed by atoms with Crippen LogP contribution in [0.15, 0.2) is 30.3 Å². The number of piperidine rings is 1. The first-order valence-corrected chi connectivity index (χ1v) is 7.29. The molecular weight excluding hydrogens is 272 g/mol. The van der Waals surface area contributed by atoms with Gasteiger partial charge in [0.25, 0.3) is 0 Å². The molecule has 0 radical (unpaired) electrons. The molecule has 3 N–H and O–H groups in total. The molecule has 1 amide bonds. The summed E-state index contributed by atoms with van der Waals surface area (Å²) in [6.07, 6.45) is 1.49. The summed E-state index contributed by atoms with van der Waals surface area (Å²) in [5.74, 6) is -0.476. The van der Waals surface area contributed by atoms with E-state index < -0.39 is 5.92 Å². The minimum atomic E-state index is -0.456. The molecule has 1 heterocycles. The molecule has 0 aromatic heterocycles. The monoisotopic (exact) mass is 292 g/mol. The molecule has 108 valence electrons. The van der Waals surface area contributed by atoms with Crippen LogP contribution >= 0.6 is 12.2 Å². The van der Waals surface area contributed by atoms with E-state index in [0.29, 0.717) is 32.4 Å². The van der Waals surface area contributed by atoms with Crippen molar-refractivity contribution in [2.45, 2.75) is 25.4 Å². The summed E-state index contributed by atoms with van der Waals surface area (Å²) >= 11 is 5.07. The Kier molecular flexibility index (Phi) is 5.09. The lowest BCUT2D eigenvalue weighted by atomic mass is 9.96. The third-order valence-corrected chi connectivity index (χ3v) is 3.98. The first kappa shape index (κ1) is 14.9. The zero-order chi connectivity index (χ0) is 14.5. The van der Waals surface area contributed by atoms with Gasteiger partial charge >= 0.3 is 0 Å². The van der Waals surface area contributed by atoms with Gasteiger partial charge in [-0.1, -0.05) is 42.5 Å². The van der Waals surface area contributed by atoms with Crippen LogP contribution in [0.1, 0.15) is 18.4 Å². The van der Waals surface area contributed by atoms with Crippen molar-refractivity contribution >= 4 is 23.1 Å². The van der Waals surface area contributed by atoms with Crippen LogP contribution in [0.2, 0.25) is 0 Å². The third kappa shape index (κ3) is 3.77. The first-order valence-electron chi connectivity index (χ1n) is 6.88. The molecule has 0 spiro atoms. The van der Waals surface area contributed by atoms with Gasteiger partial charge in [0.1, 0.15) is 0 Å². The lowest BCUT2D eigenvalue weighted by Crippen LogP contribution is -2.46. The molecule has 0 saturated carbocycles. The molecule has 5 heteroatoms. The largest absolute Gasteiger partial charge is 0.393 e. The van der Waals surface area contributed by atoms with Crippen LogP contribution in [0.25, 0.3) is 0 Å². The summed E-state index contributed by atoms with van der Waals surface area (Å²) in [4.78, 5) is 14.5. The molecule has 1 atom stereocenters. The molecular formula is C15H20N2O2S. The van der Waals surface area contributed by atoms with E-state index in [2.05, 4.69) is 0 Å². The van der Waals surface area contributed by atoms with E-state index in [1.54, 1.807) is 4.90 Å². The van der Waals surface area contributed by atoms with Crippen LogP contribution in [0, 0.1) is 5.92 Å². The second-order valence-corrected chi connectivity index (χ2v) is 5.67. The van der Waals surface area contributed by atoms with Crippen molar-refractivity contribution in [1.82, 2.24) is 4.90 Å². The number of carbonyl (C=O) groups excluding carboxylic acids is 1. The minimum absolute atomic E-state index is 0.0201. The van der Waals surface area contributed by atoms with Crippen molar-refractivity contribution in [1.29, 1.82) is 0 Å². The molecule has 1 aliphatic heterocycles. The molecule has 2 rings (SSSR count). The normalized spacial score (nSPS) is 17.8. The second-order valence-electron chi connectivity index (χ2n) is 5.20. The standard InChI is InChI=1S/C15H20N2O2S/c16-14(20)13(10-11-4-2-1-3-5-11)15(19)17-8-6-12(18)7-9-17/h1-5,12-13,18H,6-10H2,(H2,16,20). The fourth-order valence-corrected chi connectivity index (χ4v) is 2.65. The molecule has 1 aliphatic rings. The Labute approximate surface area is 124 Å². The number of aliphatic hydroxyl groups excluding tert-OH is 1. The van der Waals surface area contributed by atoms with Crippen molar-refractivity contribution < 1.29 is 9.90 Å². The van der Waals surface area contributed by atoms with Crippen molar-refractivity contribution in [3.63, 3.8) is 0 Å². The SMILES string of the molecule is NC(=S)C(Cc1ccccc1)C(=O)N1CCC(O)CC1. The molecule has 1 aromatic carbocycles. The van der Waals surface area contributed by atoms with Gasteiger partial charge in [-0.3, -0.25) is 4.79 Å². The number of benzene rings is 1. The van der Waals surface area contributed by atoms with E-state index in [0.717, 1.165) is 5.56 Å². The number of hydrogen-bond donors (Lipinski definition) is 2. The zero-order valence-electron chi connectivity index (χ0n) is 11.4. The summed E-state index contributed by atoms with van der Waals surface area (Å²) in [7, 11) is 0. The number of rotatable bonds is 4. The Morgan fingerprint density at radius 3 is 2.50 bits per heavy atom. The van der Waals surface area contributed by atoms with Gasteiger partial charge in [0.2, 0.25) is 5.91 Å². The van der Waals surface area contributed by atoms with Gasteiger partial charge in [0, 0.05) is 13.1 Å². The molecule has 1 saturated heterocycles. The number of hydrogen-bond acceptors (Lipinski definition) is 3. The quantitative estimate of drug-likeness (QED) is 0.816. The predicted molar refractivity (Wildman–Crippen MR) is 82.2 cm³/mol. The van der Waals surface area contributed by atoms with E-state index in [1.165, 1.54) is 0 Å². The van der Waals surface area contributed by atoms with E-state index in [9.17, 15) is 9.90 Å². The minimum Gasteiger partial charge on any atom is -0.393 e. The van der Waals surface area contributed by atoms with Gasteiger partial charge in [-0.2, -0.15) is 0 Å². The highest BCUT2D eigenvalue weighted by atomic mass is 32.1. The van der Waals surface area contributed by atoms with Crippen molar-refractivity contribution in [3.8, 4) is 0 Å². The van der Waals surface area contributed by atoms with Crippen LogP contribution in [0.5, 0.6) is 0 Å². The van der Waals surface area contributed by atoms with Crippen LogP contribution in [0.3, 0.4) is 0 Å². The Bertz CT molecular complexity index is 470. The van der Waals surface area contributed by atoms with Crippen molar-refractivity contribution in [2.75, 3.05) is 13.1 Å². The lowest BCUT2D eigenvalue weighted by molar-refractivity contribution is -0.135. The topological polar surface area (TPSA) is 66.6 Å². The van der Waals surface area contributed by atoms with Crippen LogP contribution in [-0.4, -0.2) is 40.1 Å². The summed E-state index contributed by atoms with van der Waals surface area (Å²) in [6.45, 7) is 1.15. The molecule has 4 nitrogen and oxygen atoms in total. The maximum absolute atomic E-state index is 12.5. The number of thiocarbonyl (C=S) groups is 1. The van der Waals surface area contributed by atoms with Crippen LogP contribution in [0.4, 0.5) is 0 Å². The predicted octanol–water partition coefficient (Wildman–Crippen LogP) is 1.11. The average molecular weight is 292 g/mol. The summed E-state index contributed by atoms with van der Waals surface area (Å²) in [6, 6.07) is 9.76. The van der Waals surface area contributed by atoms with E-state index in [1.807, 2.05) is 30.3 Å². The van der Waals surface area contributed by atoms with E-state index in [-0.39, 0.29) is 17.0 Å². The maximum atomic E-state index is 12.5. The average Bonchev–Trinajstić information content (AvgIpc) is 2.45. The van der Waals surface area contributed by atoms with Crippen LogP contribution in [-0.2, 0) is 11.2 Å². The van der Waals surface area contributed by atoms with Crippen molar-refractivity contribution in [2.24, 2.45) is 11.7 Å². The van der Waals surface area contributed by atoms with Gasteiger partial charge < -0.3 is 15.7 Å². The number of nitrogens with two attached hydrogens (primary N) is 1. The number of nitrogens with zero attached hydrogens (tertiary/aromatic N) is 1. The highest BCUT2D eigenvalue weighted by Gasteiger charge is 2.29. The summed E-state index contributed by atoms with van der Waals surface area (Å²) in [5.41, 5.74) is 6.81. The molecule has 1 fully saturated rings. The number of amides is 1. The number of likely N-dealkylation sites (tertiary alicyclic amines) is 1. The third-order valence-electron chi connectivity index (χ3n) is 3.70. The number of aliphatic hydroxyl groups is 1. The van der Waals surface area contributed by atoms with E-state index in [4.69, 9.17) is 18.0 Å². The van der Waals surface area contributed by atoms with Gasteiger partial charge in [-0.15, -0.1) is 0 Å². The van der Waals surface area contributed by atoms with Gasteiger partial charge in [0.05, 0.1) is 17.0 Å². The molecule has 0 bridgehead atoms. The highest BCUT2D eigenvalue weighted by molar-refractivity contribution is 7.80. The first-order chi connectivity index (χ1) is 9.58. The summed E-state index contributed by atoms with van der Waals surface area (Å²) in [5, 5.41) is 9.50. The smallest absolute Gasteiger partial charge is 0.232 e. The summed E-state index contributed by atoms with van der Waals surface area (Å²) < 4.78 is 0. The van der Waals surface area contributed by atoms with Gasteiger partial charge in [-0.25, -0.2) is 0 Å². The second kappa shape index (κ2) is 6.81. The number of carbonyl (C=O) groups is 1. The fourth-order valence-electron chi connectivity index (χ4n) is 2.47. The fraction of sp³-hybridized carbons (Fsp3) is 0.467. The van der Waals surface area contributed by atoms with Crippen LogP contribution < -0.4 is 5.73 Å². The molecule has 1 unspecified atom stereocenters. The van der Waals surface area contributed by atoms with Crippen molar-refractivity contribution in [3.05, 3.63) is 35.9 Å². The Morgan fingerprint density at radius 2 is 1.95 bits per heavy atom. The van der Waals surface area contributed by atoms with Gasteiger partial charge in [-0.05, 0) is 24.8 Å². The maximum Gasteiger partial charge on any atom is 0.232 e. The Hall–Kier alpha value is -1.46. The molecule has 20 heavy (non-hydrogen) atoms. The highest BCUT2D eigenvalue weighted by Crippen LogP contribution is 2.17. The Morgan fingerprint density at radius 1 is 1.35 bits per heavy atom. The van der Waals surface area contributed by atoms with E-state index >= 15 is 0 Å². The van der Waals surface area contributed by atoms with Gasteiger partial charge in [0.15, 0.2) is 0 Å². The molecule has 0 aliphatic carbocycles. The lowest BCUT2D eigenvalue weighted by Gasteiger charge is -2.32. The zero-order valence-corrected chi connectivity index (χ0v) is 12.2. The molecule has 1 aromatic rings. The Balaban J connectivity index is 2.05.